The van der Waals surface area contributed by atoms with Crippen LogP contribution in [-0.4, -0.2) is 25.2 Å². The first-order chi connectivity index (χ1) is 13.1. The number of aromatic nitrogens is 1. The standard InChI is InChI=1S/C22H24N2O2S/c1-15(2)23-17-11-9-16(10-12-17)7-5-6-8-22-24-18-13-19(25-3)20(26-4)14-21(18)27-22/h5-15,23H,1-4H3. The second-order valence-corrected chi connectivity index (χ2v) is 7.43. The molecule has 2 aromatic carbocycles. The highest BCUT2D eigenvalue weighted by atomic mass is 32.1. The van der Waals surface area contributed by atoms with E-state index in [2.05, 4.69) is 54.5 Å². The molecule has 1 heterocycles. The Morgan fingerprint density at radius 2 is 1.63 bits per heavy atom. The van der Waals surface area contributed by atoms with E-state index in [0.717, 1.165) is 32.2 Å². The van der Waals surface area contributed by atoms with E-state index in [0.29, 0.717) is 11.8 Å². The van der Waals surface area contributed by atoms with Crippen molar-refractivity contribution in [2.24, 2.45) is 0 Å². The van der Waals surface area contributed by atoms with Crippen LogP contribution in [0.15, 0.2) is 48.6 Å². The molecule has 3 rings (SSSR count). The average Bonchev–Trinajstić information content (AvgIpc) is 3.06. The van der Waals surface area contributed by atoms with Crippen molar-refractivity contribution in [1.82, 2.24) is 4.98 Å². The topological polar surface area (TPSA) is 43.4 Å². The summed E-state index contributed by atoms with van der Waals surface area (Å²) in [6.07, 6.45) is 8.12. The Balaban J connectivity index is 1.69. The largest absolute Gasteiger partial charge is 0.493 e. The van der Waals surface area contributed by atoms with E-state index in [1.54, 1.807) is 25.6 Å². The highest BCUT2D eigenvalue weighted by Crippen LogP contribution is 2.34. The summed E-state index contributed by atoms with van der Waals surface area (Å²) in [5, 5.41) is 4.33. The summed E-state index contributed by atoms with van der Waals surface area (Å²) >= 11 is 1.62. The van der Waals surface area contributed by atoms with E-state index >= 15 is 0 Å². The molecular weight excluding hydrogens is 356 g/mol. The molecule has 0 aliphatic heterocycles. The van der Waals surface area contributed by atoms with Crippen molar-refractivity contribution >= 4 is 39.4 Å². The molecule has 0 fully saturated rings. The molecule has 27 heavy (non-hydrogen) atoms. The molecule has 0 atom stereocenters. The van der Waals surface area contributed by atoms with Crippen LogP contribution >= 0.6 is 11.3 Å². The van der Waals surface area contributed by atoms with Crippen molar-refractivity contribution in [2.45, 2.75) is 19.9 Å². The molecule has 0 radical (unpaired) electrons. The maximum Gasteiger partial charge on any atom is 0.162 e. The number of benzene rings is 2. The maximum atomic E-state index is 5.35. The molecule has 3 aromatic rings. The molecule has 1 N–H and O–H groups in total. The van der Waals surface area contributed by atoms with Crippen molar-refractivity contribution in [3.05, 3.63) is 59.1 Å². The number of nitrogens with one attached hydrogen (secondary N) is 1. The third-order valence-electron chi connectivity index (χ3n) is 3.91. The first-order valence-corrected chi connectivity index (χ1v) is 9.64. The number of thiazole rings is 1. The molecule has 5 heteroatoms. The van der Waals surface area contributed by atoms with Gasteiger partial charge in [-0.15, -0.1) is 11.3 Å². The van der Waals surface area contributed by atoms with Gasteiger partial charge in [-0.1, -0.05) is 30.4 Å². The van der Waals surface area contributed by atoms with Crippen molar-refractivity contribution in [2.75, 3.05) is 19.5 Å². The van der Waals surface area contributed by atoms with Crippen LogP contribution in [0.2, 0.25) is 0 Å². The van der Waals surface area contributed by atoms with Crippen LogP contribution in [0.4, 0.5) is 5.69 Å². The van der Waals surface area contributed by atoms with Gasteiger partial charge in [0.1, 0.15) is 5.01 Å². The highest BCUT2D eigenvalue weighted by molar-refractivity contribution is 7.19. The molecule has 4 nitrogen and oxygen atoms in total. The van der Waals surface area contributed by atoms with Gasteiger partial charge < -0.3 is 14.8 Å². The molecule has 0 amide bonds. The van der Waals surface area contributed by atoms with E-state index in [1.165, 1.54) is 0 Å². The van der Waals surface area contributed by atoms with Crippen molar-refractivity contribution < 1.29 is 9.47 Å². The van der Waals surface area contributed by atoms with Gasteiger partial charge in [0.05, 0.1) is 24.4 Å². The van der Waals surface area contributed by atoms with Crippen molar-refractivity contribution in [3.8, 4) is 11.5 Å². The van der Waals surface area contributed by atoms with E-state index in [9.17, 15) is 0 Å². The van der Waals surface area contributed by atoms with Gasteiger partial charge >= 0.3 is 0 Å². The molecule has 0 aliphatic rings. The van der Waals surface area contributed by atoms with Gasteiger partial charge in [-0.05, 0) is 37.6 Å². The number of hydrogen-bond donors (Lipinski definition) is 1. The molecule has 0 saturated carbocycles. The quantitative estimate of drug-likeness (QED) is 0.521. The minimum Gasteiger partial charge on any atom is -0.493 e. The molecule has 0 bridgehead atoms. The molecule has 0 spiro atoms. The van der Waals surface area contributed by atoms with Gasteiger partial charge in [0, 0.05) is 23.9 Å². The Labute approximate surface area is 164 Å². The zero-order chi connectivity index (χ0) is 19.2. The summed E-state index contributed by atoms with van der Waals surface area (Å²) < 4.78 is 11.8. The van der Waals surface area contributed by atoms with Crippen LogP contribution in [0.1, 0.15) is 24.4 Å². The second-order valence-electron chi connectivity index (χ2n) is 6.37. The monoisotopic (exact) mass is 380 g/mol. The average molecular weight is 381 g/mol. The number of ether oxygens (including phenoxy) is 2. The van der Waals surface area contributed by atoms with Gasteiger partial charge in [0.2, 0.25) is 0 Å². The lowest BCUT2D eigenvalue weighted by molar-refractivity contribution is 0.356. The predicted molar refractivity (Wildman–Crippen MR) is 116 cm³/mol. The summed E-state index contributed by atoms with van der Waals surface area (Å²) in [5.41, 5.74) is 3.21. The van der Waals surface area contributed by atoms with Crippen LogP contribution in [0.5, 0.6) is 11.5 Å². The Morgan fingerprint density at radius 1 is 0.963 bits per heavy atom. The fourth-order valence-electron chi connectivity index (χ4n) is 2.67. The van der Waals surface area contributed by atoms with Crippen LogP contribution in [-0.2, 0) is 0 Å². The first-order valence-electron chi connectivity index (χ1n) is 8.83. The molecule has 140 valence electrons. The lowest BCUT2D eigenvalue weighted by Gasteiger charge is -2.09. The Morgan fingerprint density at radius 3 is 2.30 bits per heavy atom. The van der Waals surface area contributed by atoms with E-state index in [4.69, 9.17) is 9.47 Å². The SMILES string of the molecule is COc1cc2nc(C=CC=Cc3ccc(NC(C)C)cc3)sc2cc1OC. The summed E-state index contributed by atoms with van der Waals surface area (Å²) in [7, 11) is 3.27. The second kappa shape index (κ2) is 8.73. The first kappa shape index (κ1) is 19.0. The maximum absolute atomic E-state index is 5.35. The molecular formula is C22H24N2O2S. The summed E-state index contributed by atoms with van der Waals surface area (Å²) in [4.78, 5) is 4.63. The zero-order valence-electron chi connectivity index (χ0n) is 16.0. The third kappa shape index (κ3) is 4.89. The van der Waals surface area contributed by atoms with E-state index < -0.39 is 0 Å². The van der Waals surface area contributed by atoms with Crippen molar-refractivity contribution in [3.63, 3.8) is 0 Å². The minimum absolute atomic E-state index is 0.433. The Kier molecular flexibility index (Phi) is 6.14. The minimum atomic E-state index is 0.433. The number of allylic oxidation sites excluding steroid dienone is 2. The molecule has 1 aromatic heterocycles. The van der Waals surface area contributed by atoms with Crippen LogP contribution < -0.4 is 14.8 Å². The van der Waals surface area contributed by atoms with E-state index in [1.807, 2.05) is 30.4 Å². The highest BCUT2D eigenvalue weighted by Gasteiger charge is 2.09. The van der Waals surface area contributed by atoms with Crippen LogP contribution in [0.3, 0.4) is 0 Å². The fourth-order valence-corrected chi connectivity index (χ4v) is 3.56. The summed E-state index contributed by atoms with van der Waals surface area (Å²) in [5.74, 6) is 1.42. The van der Waals surface area contributed by atoms with Crippen molar-refractivity contribution in [1.29, 1.82) is 0 Å². The molecule has 0 aliphatic carbocycles. The summed E-state index contributed by atoms with van der Waals surface area (Å²) in [6, 6.07) is 12.7. The summed E-state index contributed by atoms with van der Waals surface area (Å²) in [6.45, 7) is 4.26. The zero-order valence-corrected chi connectivity index (χ0v) is 16.8. The lowest BCUT2D eigenvalue weighted by atomic mass is 10.2. The normalized spacial score (nSPS) is 11.7. The van der Waals surface area contributed by atoms with Gasteiger partial charge in [-0.2, -0.15) is 0 Å². The Bertz CT molecular complexity index is 915. The number of hydrogen-bond acceptors (Lipinski definition) is 5. The van der Waals surface area contributed by atoms with E-state index in [-0.39, 0.29) is 0 Å². The van der Waals surface area contributed by atoms with Crippen LogP contribution in [0, 0.1) is 0 Å². The van der Waals surface area contributed by atoms with Gasteiger partial charge in [-0.3, -0.25) is 0 Å². The van der Waals surface area contributed by atoms with Gasteiger partial charge in [-0.25, -0.2) is 4.98 Å². The number of methoxy groups -OCH3 is 2. The van der Waals surface area contributed by atoms with Gasteiger partial charge in [0.25, 0.3) is 0 Å². The lowest BCUT2D eigenvalue weighted by Crippen LogP contribution is -2.09. The fraction of sp³-hybridized carbons (Fsp3) is 0.227. The van der Waals surface area contributed by atoms with Gasteiger partial charge in [0.15, 0.2) is 11.5 Å². The number of anilines is 1. The number of fused-ring (bicyclic) bond motifs is 1. The number of rotatable bonds is 7. The smallest absolute Gasteiger partial charge is 0.162 e. The third-order valence-corrected chi connectivity index (χ3v) is 4.90. The van der Waals surface area contributed by atoms with Crippen LogP contribution in [0.25, 0.3) is 22.4 Å². The number of nitrogens with zero attached hydrogens (tertiary/aromatic N) is 1. The molecule has 0 unspecified atom stereocenters. The molecule has 0 saturated heterocycles. The predicted octanol–water partition coefficient (Wildman–Crippen LogP) is 5.86. The Hall–Kier alpha value is -2.79.